The number of rotatable bonds is 6. The van der Waals surface area contributed by atoms with Crippen LogP contribution in [0.15, 0.2) is 114 Å². The van der Waals surface area contributed by atoms with Gasteiger partial charge in [-0.3, -0.25) is 14.5 Å². The van der Waals surface area contributed by atoms with Crippen LogP contribution in [0.25, 0.3) is 0 Å². The normalized spacial score (nSPS) is 14.3. The van der Waals surface area contributed by atoms with E-state index in [0.717, 1.165) is 18.7 Å². The van der Waals surface area contributed by atoms with E-state index in [1.165, 1.54) is 11.1 Å². The van der Waals surface area contributed by atoms with Crippen LogP contribution in [0, 0.1) is 0 Å². The summed E-state index contributed by atoms with van der Waals surface area (Å²) in [5, 5.41) is 0. The van der Waals surface area contributed by atoms with Gasteiger partial charge >= 0.3 is 0 Å². The molecule has 5 nitrogen and oxygen atoms in total. The molecule has 0 unspecified atom stereocenters. The number of aromatic nitrogens is 1. The highest BCUT2D eigenvalue weighted by atomic mass is 16.2. The van der Waals surface area contributed by atoms with Crippen molar-refractivity contribution in [2.45, 2.75) is 12.6 Å². The zero-order valence-corrected chi connectivity index (χ0v) is 19.7. The molecular weight excluding hydrogens is 434 g/mol. The summed E-state index contributed by atoms with van der Waals surface area (Å²) >= 11 is 0. The Hall–Kier alpha value is -3.96. The Balaban J connectivity index is 1.32. The maximum absolute atomic E-state index is 13.3. The van der Waals surface area contributed by atoms with Crippen molar-refractivity contribution < 1.29 is 4.79 Å². The number of piperazine rings is 1. The summed E-state index contributed by atoms with van der Waals surface area (Å²) in [5.41, 5.74) is 3.51. The molecule has 0 spiro atoms. The van der Waals surface area contributed by atoms with Gasteiger partial charge < -0.3 is 9.47 Å². The molecule has 1 aliphatic rings. The lowest BCUT2D eigenvalue weighted by Gasteiger charge is -2.39. The van der Waals surface area contributed by atoms with Crippen LogP contribution in [0.2, 0.25) is 0 Å². The van der Waals surface area contributed by atoms with Gasteiger partial charge in [-0.1, -0.05) is 91.0 Å². The van der Waals surface area contributed by atoms with Crippen molar-refractivity contribution >= 4 is 5.91 Å². The second kappa shape index (κ2) is 10.5. The molecule has 0 aliphatic carbocycles. The van der Waals surface area contributed by atoms with E-state index in [2.05, 4.69) is 53.4 Å². The number of amides is 1. The average molecular weight is 464 g/mol. The summed E-state index contributed by atoms with van der Waals surface area (Å²) in [6.45, 7) is 3.10. The standard InChI is InChI=1S/C30H29N3O2/c34-29(27-17-10-18-33(30(27)35)23-24-11-4-1-5-12-24)32-21-19-31(20-22-32)28(25-13-6-2-7-14-25)26-15-8-3-9-16-26/h1-18,28H,19-23H2. The highest BCUT2D eigenvalue weighted by Gasteiger charge is 2.29. The van der Waals surface area contributed by atoms with E-state index in [4.69, 9.17) is 0 Å². The van der Waals surface area contributed by atoms with Crippen molar-refractivity contribution in [3.8, 4) is 0 Å². The quantitative estimate of drug-likeness (QED) is 0.425. The van der Waals surface area contributed by atoms with Gasteiger partial charge in [0.25, 0.3) is 11.5 Å². The smallest absolute Gasteiger partial charge is 0.263 e. The van der Waals surface area contributed by atoms with E-state index in [9.17, 15) is 9.59 Å². The maximum Gasteiger partial charge on any atom is 0.263 e. The molecule has 35 heavy (non-hydrogen) atoms. The third-order valence-corrected chi connectivity index (χ3v) is 6.64. The number of hydrogen-bond donors (Lipinski definition) is 0. The van der Waals surface area contributed by atoms with Gasteiger partial charge in [-0.2, -0.15) is 0 Å². The molecule has 0 atom stereocenters. The second-order valence-electron chi connectivity index (χ2n) is 8.89. The first-order chi connectivity index (χ1) is 17.2. The van der Waals surface area contributed by atoms with Crippen molar-refractivity contribution in [1.29, 1.82) is 0 Å². The molecule has 2 heterocycles. The number of carbonyl (C=O) groups excluding carboxylic acids is 1. The van der Waals surface area contributed by atoms with Crippen LogP contribution >= 0.6 is 0 Å². The average Bonchev–Trinajstić information content (AvgIpc) is 2.92. The summed E-state index contributed by atoms with van der Waals surface area (Å²) < 4.78 is 1.61. The molecule has 1 fully saturated rings. The van der Waals surface area contributed by atoms with Gasteiger partial charge in [0.05, 0.1) is 12.6 Å². The summed E-state index contributed by atoms with van der Waals surface area (Å²) in [7, 11) is 0. The topological polar surface area (TPSA) is 45.6 Å². The molecule has 1 aliphatic heterocycles. The zero-order chi connectivity index (χ0) is 24.0. The van der Waals surface area contributed by atoms with E-state index in [-0.39, 0.29) is 23.1 Å². The molecular formula is C30H29N3O2. The van der Waals surface area contributed by atoms with E-state index >= 15 is 0 Å². The Labute approximate surface area is 205 Å². The second-order valence-corrected chi connectivity index (χ2v) is 8.89. The van der Waals surface area contributed by atoms with Crippen LogP contribution in [-0.2, 0) is 6.54 Å². The minimum atomic E-state index is -0.241. The third-order valence-electron chi connectivity index (χ3n) is 6.64. The van der Waals surface area contributed by atoms with Crippen LogP contribution in [0.4, 0.5) is 0 Å². The van der Waals surface area contributed by atoms with E-state index in [1.54, 1.807) is 22.9 Å². The minimum absolute atomic E-state index is 0.134. The highest BCUT2D eigenvalue weighted by molar-refractivity contribution is 5.93. The first-order valence-corrected chi connectivity index (χ1v) is 12.1. The highest BCUT2D eigenvalue weighted by Crippen LogP contribution is 2.29. The van der Waals surface area contributed by atoms with Crippen molar-refractivity contribution in [3.05, 3.63) is 142 Å². The number of benzene rings is 3. The largest absolute Gasteiger partial charge is 0.336 e. The van der Waals surface area contributed by atoms with Crippen molar-refractivity contribution in [2.75, 3.05) is 26.2 Å². The Morgan fingerprint density at radius 2 is 1.23 bits per heavy atom. The van der Waals surface area contributed by atoms with E-state index in [0.29, 0.717) is 19.6 Å². The molecule has 0 radical (unpaired) electrons. The fourth-order valence-corrected chi connectivity index (χ4v) is 4.84. The van der Waals surface area contributed by atoms with Crippen LogP contribution in [0.5, 0.6) is 0 Å². The lowest BCUT2D eigenvalue weighted by Crippen LogP contribution is -2.50. The molecule has 0 N–H and O–H groups in total. The number of carbonyl (C=O) groups is 1. The fourth-order valence-electron chi connectivity index (χ4n) is 4.84. The Kier molecular flexibility index (Phi) is 6.87. The number of hydrogen-bond acceptors (Lipinski definition) is 3. The van der Waals surface area contributed by atoms with Crippen molar-refractivity contribution in [2.24, 2.45) is 0 Å². The van der Waals surface area contributed by atoms with Gasteiger partial charge in [-0.05, 0) is 28.8 Å². The van der Waals surface area contributed by atoms with Crippen molar-refractivity contribution in [3.63, 3.8) is 0 Å². The molecule has 5 rings (SSSR count). The Bertz CT molecular complexity index is 1270. The zero-order valence-electron chi connectivity index (χ0n) is 19.7. The summed E-state index contributed by atoms with van der Waals surface area (Å²) in [6.07, 6.45) is 1.74. The molecule has 1 aromatic heterocycles. The first-order valence-electron chi connectivity index (χ1n) is 12.1. The summed E-state index contributed by atoms with van der Waals surface area (Å²) in [5.74, 6) is -0.187. The molecule has 5 heteroatoms. The summed E-state index contributed by atoms with van der Waals surface area (Å²) in [4.78, 5) is 30.7. The van der Waals surface area contributed by atoms with Gasteiger partial charge in [-0.25, -0.2) is 0 Å². The van der Waals surface area contributed by atoms with Gasteiger partial charge in [0.15, 0.2) is 0 Å². The summed E-state index contributed by atoms with van der Waals surface area (Å²) in [6, 6.07) is 34.4. The molecule has 0 bridgehead atoms. The van der Waals surface area contributed by atoms with Gasteiger partial charge in [0.2, 0.25) is 0 Å². The maximum atomic E-state index is 13.3. The number of pyridine rings is 1. The fraction of sp³-hybridized carbons (Fsp3) is 0.200. The van der Waals surface area contributed by atoms with E-state index in [1.807, 2.05) is 47.4 Å². The molecule has 176 valence electrons. The third kappa shape index (κ3) is 5.10. The lowest BCUT2D eigenvalue weighted by atomic mass is 9.96. The molecule has 4 aromatic rings. The van der Waals surface area contributed by atoms with Gasteiger partial charge in [-0.15, -0.1) is 0 Å². The van der Waals surface area contributed by atoms with Crippen LogP contribution < -0.4 is 5.56 Å². The van der Waals surface area contributed by atoms with Crippen LogP contribution in [0.3, 0.4) is 0 Å². The van der Waals surface area contributed by atoms with Crippen LogP contribution in [0.1, 0.15) is 33.1 Å². The molecule has 3 aromatic carbocycles. The minimum Gasteiger partial charge on any atom is -0.336 e. The SMILES string of the molecule is O=C(c1cccn(Cc2ccccc2)c1=O)N1CCN(C(c2ccccc2)c2ccccc2)CC1. The Morgan fingerprint density at radius 1 is 0.686 bits per heavy atom. The number of nitrogens with zero attached hydrogens (tertiary/aromatic N) is 3. The van der Waals surface area contributed by atoms with Crippen LogP contribution in [-0.4, -0.2) is 46.5 Å². The van der Waals surface area contributed by atoms with E-state index < -0.39 is 0 Å². The van der Waals surface area contributed by atoms with Gasteiger partial charge in [0.1, 0.15) is 5.56 Å². The predicted molar refractivity (Wildman–Crippen MR) is 138 cm³/mol. The lowest BCUT2D eigenvalue weighted by molar-refractivity contribution is 0.0595. The predicted octanol–water partition coefficient (Wildman–Crippen LogP) is 4.44. The van der Waals surface area contributed by atoms with Gasteiger partial charge in [0, 0.05) is 32.4 Å². The molecule has 1 saturated heterocycles. The first kappa shape index (κ1) is 22.8. The monoisotopic (exact) mass is 463 g/mol. The van der Waals surface area contributed by atoms with Crippen molar-refractivity contribution in [1.82, 2.24) is 14.4 Å². The Morgan fingerprint density at radius 3 is 1.80 bits per heavy atom. The molecule has 0 saturated carbocycles. The molecule has 1 amide bonds.